The van der Waals surface area contributed by atoms with Crippen molar-refractivity contribution in [3.63, 3.8) is 0 Å². The van der Waals surface area contributed by atoms with E-state index in [1.54, 1.807) is 0 Å². The first-order valence-electron chi connectivity index (χ1n) is 5.15. The van der Waals surface area contributed by atoms with Gasteiger partial charge in [0.1, 0.15) is 5.82 Å². The van der Waals surface area contributed by atoms with Gasteiger partial charge >= 0.3 is 0 Å². The number of nitrogens with one attached hydrogen (secondary N) is 1. The second kappa shape index (κ2) is 5.23. The van der Waals surface area contributed by atoms with Gasteiger partial charge in [0.2, 0.25) is 0 Å². The molecule has 0 aromatic heterocycles. The molecule has 1 aromatic carbocycles. The second-order valence-corrected chi connectivity index (χ2v) is 5.41. The summed E-state index contributed by atoms with van der Waals surface area (Å²) in [6.45, 7) is 0. The Morgan fingerprint density at radius 1 is 1.25 bits per heavy atom. The Kier molecular flexibility index (Phi) is 3.92. The van der Waals surface area contributed by atoms with E-state index >= 15 is 0 Å². The maximum absolute atomic E-state index is 13.5. The van der Waals surface area contributed by atoms with E-state index in [4.69, 9.17) is 11.6 Å². The highest BCUT2D eigenvalue weighted by Crippen LogP contribution is 2.29. The van der Waals surface area contributed by atoms with E-state index in [2.05, 4.69) is 5.32 Å². The number of benzene rings is 1. The van der Waals surface area contributed by atoms with Crippen LogP contribution in [-0.2, 0) is 0 Å². The van der Waals surface area contributed by atoms with E-state index in [9.17, 15) is 8.78 Å². The Balaban J connectivity index is 2.14. The molecule has 88 valence electrons. The van der Waals surface area contributed by atoms with Gasteiger partial charge in [-0.05, 0) is 30.4 Å². The normalized spacial score (nSPS) is 17.4. The van der Waals surface area contributed by atoms with Crippen molar-refractivity contribution >= 4 is 29.1 Å². The molecule has 0 amide bonds. The topological polar surface area (TPSA) is 12.0 Å². The molecule has 0 unspecified atom stereocenters. The summed E-state index contributed by atoms with van der Waals surface area (Å²) in [6, 6.07) is 2.22. The van der Waals surface area contributed by atoms with E-state index in [0.29, 0.717) is 0 Å². The molecule has 0 radical (unpaired) electrons. The van der Waals surface area contributed by atoms with Crippen LogP contribution in [-0.4, -0.2) is 17.5 Å². The first kappa shape index (κ1) is 12.0. The van der Waals surface area contributed by atoms with E-state index < -0.39 is 11.6 Å². The molecule has 1 aliphatic heterocycles. The molecule has 1 fully saturated rings. The predicted octanol–water partition coefficient (Wildman–Crippen LogP) is 3.93. The molecular weight excluding hydrogens is 252 g/mol. The van der Waals surface area contributed by atoms with Crippen molar-refractivity contribution in [2.45, 2.75) is 18.9 Å². The lowest BCUT2D eigenvalue weighted by atomic mass is 10.1. The zero-order chi connectivity index (χ0) is 11.5. The van der Waals surface area contributed by atoms with Gasteiger partial charge in [-0.2, -0.15) is 11.8 Å². The maximum Gasteiger partial charge on any atom is 0.150 e. The minimum absolute atomic E-state index is 0.107. The largest absolute Gasteiger partial charge is 0.379 e. The summed E-state index contributed by atoms with van der Waals surface area (Å²) in [4.78, 5) is 0. The highest BCUT2D eigenvalue weighted by molar-refractivity contribution is 7.99. The van der Waals surface area contributed by atoms with Crippen LogP contribution in [0.2, 0.25) is 5.02 Å². The van der Waals surface area contributed by atoms with Gasteiger partial charge in [-0.25, -0.2) is 8.78 Å². The molecule has 0 spiro atoms. The van der Waals surface area contributed by atoms with Gasteiger partial charge in [0, 0.05) is 12.1 Å². The van der Waals surface area contributed by atoms with Crippen LogP contribution >= 0.6 is 23.4 Å². The Labute approximate surface area is 103 Å². The quantitative estimate of drug-likeness (QED) is 0.868. The van der Waals surface area contributed by atoms with Crippen molar-refractivity contribution in [2.75, 3.05) is 16.8 Å². The minimum atomic E-state index is -0.646. The fourth-order valence-electron chi connectivity index (χ4n) is 1.73. The van der Waals surface area contributed by atoms with Crippen LogP contribution in [0.15, 0.2) is 12.1 Å². The number of anilines is 1. The van der Waals surface area contributed by atoms with E-state index in [1.165, 1.54) is 0 Å². The first-order valence-corrected chi connectivity index (χ1v) is 6.69. The van der Waals surface area contributed by atoms with Gasteiger partial charge in [0.05, 0.1) is 10.7 Å². The van der Waals surface area contributed by atoms with E-state index in [1.807, 2.05) is 11.8 Å². The van der Waals surface area contributed by atoms with Gasteiger partial charge in [-0.3, -0.25) is 0 Å². The monoisotopic (exact) mass is 263 g/mol. The van der Waals surface area contributed by atoms with Crippen LogP contribution in [0.1, 0.15) is 12.8 Å². The lowest BCUT2D eigenvalue weighted by molar-refractivity contribution is 0.579. The summed E-state index contributed by atoms with van der Waals surface area (Å²) in [6.07, 6.45) is 1.97. The average molecular weight is 264 g/mol. The molecule has 1 nitrogen and oxygen atoms in total. The molecule has 2 rings (SSSR count). The first-order chi connectivity index (χ1) is 7.66. The second-order valence-electron chi connectivity index (χ2n) is 3.78. The summed E-state index contributed by atoms with van der Waals surface area (Å²) < 4.78 is 26.3. The van der Waals surface area contributed by atoms with Crippen molar-refractivity contribution < 1.29 is 8.78 Å². The molecular formula is C11H12ClF2NS. The van der Waals surface area contributed by atoms with Crippen molar-refractivity contribution in [3.8, 4) is 0 Å². The third-order valence-electron chi connectivity index (χ3n) is 2.58. The van der Waals surface area contributed by atoms with Gasteiger partial charge in [0.15, 0.2) is 5.82 Å². The fourth-order valence-corrected chi connectivity index (χ4v) is 3.08. The molecule has 0 atom stereocenters. The molecule has 0 saturated carbocycles. The average Bonchev–Trinajstić information content (AvgIpc) is 2.25. The molecule has 1 N–H and O–H groups in total. The third kappa shape index (κ3) is 2.80. The highest BCUT2D eigenvalue weighted by Gasteiger charge is 2.17. The minimum Gasteiger partial charge on any atom is -0.379 e. The van der Waals surface area contributed by atoms with E-state index in [0.717, 1.165) is 36.5 Å². The predicted molar refractivity (Wildman–Crippen MR) is 65.3 cm³/mol. The van der Waals surface area contributed by atoms with Crippen molar-refractivity contribution in [2.24, 2.45) is 0 Å². The summed E-state index contributed by atoms with van der Waals surface area (Å²) in [5.41, 5.74) is 0.222. The van der Waals surface area contributed by atoms with Gasteiger partial charge in [-0.15, -0.1) is 0 Å². The van der Waals surface area contributed by atoms with Crippen molar-refractivity contribution in [1.82, 2.24) is 0 Å². The van der Waals surface area contributed by atoms with E-state index in [-0.39, 0.29) is 16.8 Å². The van der Waals surface area contributed by atoms with Crippen LogP contribution in [0.5, 0.6) is 0 Å². The maximum atomic E-state index is 13.5. The molecule has 1 aliphatic rings. The van der Waals surface area contributed by atoms with Crippen LogP contribution in [0, 0.1) is 11.6 Å². The molecule has 5 heteroatoms. The third-order valence-corrected chi connectivity index (χ3v) is 3.92. The van der Waals surface area contributed by atoms with Crippen LogP contribution < -0.4 is 5.32 Å². The molecule has 0 aliphatic carbocycles. The lowest BCUT2D eigenvalue weighted by Gasteiger charge is -2.24. The van der Waals surface area contributed by atoms with Crippen LogP contribution in [0.3, 0.4) is 0 Å². The molecule has 16 heavy (non-hydrogen) atoms. The fraction of sp³-hybridized carbons (Fsp3) is 0.455. The van der Waals surface area contributed by atoms with Crippen molar-refractivity contribution in [3.05, 3.63) is 28.8 Å². The van der Waals surface area contributed by atoms with Crippen molar-refractivity contribution in [1.29, 1.82) is 0 Å². The zero-order valence-electron chi connectivity index (χ0n) is 8.60. The number of thioether (sulfide) groups is 1. The molecule has 1 heterocycles. The summed E-state index contributed by atoms with van der Waals surface area (Å²) in [5.74, 6) is 0.867. The van der Waals surface area contributed by atoms with Gasteiger partial charge < -0.3 is 5.32 Å². The highest BCUT2D eigenvalue weighted by atomic mass is 35.5. The lowest BCUT2D eigenvalue weighted by Crippen LogP contribution is -2.25. The molecule has 1 saturated heterocycles. The summed E-state index contributed by atoms with van der Waals surface area (Å²) in [7, 11) is 0. The number of halogens is 3. The zero-order valence-corrected chi connectivity index (χ0v) is 10.2. The Morgan fingerprint density at radius 2 is 1.94 bits per heavy atom. The molecule has 1 aromatic rings. The smallest absolute Gasteiger partial charge is 0.150 e. The molecule has 0 bridgehead atoms. The Morgan fingerprint density at radius 3 is 2.56 bits per heavy atom. The van der Waals surface area contributed by atoms with Crippen LogP contribution in [0.4, 0.5) is 14.5 Å². The number of hydrogen-bond donors (Lipinski definition) is 1. The number of hydrogen-bond acceptors (Lipinski definition) is 2. The number of rotatable bonds is 2. The van der Waals surface area contributed by atoms with Gasteiger partial charge in [0.25, 0.3) is 0 Å². The Hall–Kier alpha value is -0.480. The Bertz CT molecular complexity index is 357. The summed E-state index contributed by atoms with van der Waals surface area (Å²) in [5, 5.41) is 3.16. The van der Waals surface area contributed by atoms with Gasteiger partial charge in [-0.1, -0.05) is 11.6 Å². The summed E-state index contributed by atoms with van der Waals surface area (Å²) >= 11 is 7.70. The standard InChI is InChI=1S/C11H12ClF2NS/c12-9-5-7(13)6-10(14)11(9)15-8-1-3-16-4-2-8/h5-6,8,15H,1-4H2. The van der Waals surface area contributed by atoms with Crippen LogP contribution in [0.25, 0.3) is 0 Å². The SMILES string of the molecule is Fc1cc(F)c(NC2CCSCC2)c(Cl)c1.